The van der Waals surface area contributed by atoms with Gasteiger partial charge in [-0.15, -0.1) is 0 Å². The predicted molar refractivity (Wildman–Crippen MR) is 441 cm³/mol. The minimum atomic E-state index is -2.66. The molecule has 11 aliphatic rings. The van der Waals surface area contributed by atoms with Gasteiger partial charge >= 0.3 is 0 Å². The molecule has 0 saturated carbocycles. The molecule has 0 radical (unpaired) electrons. The summed E-state index contributed by atoms with van der Waals surface area (Å²) in [7, 11) is 0. The lowest BCUT2D eigenvalue weighted by Crippen LogP contribution is -2.71. The van der Waals surface area contributed by atoms with E-state index in [1.807, 2.05) is 0 Å². The highest BCUT2D eigenvalue weighted by Gasteiger charge is 2.63. The summed E-state index contributed by atoms with van der Waals surface area (Å²) in [4.78, 5) is 53.1. The molecule has 11 saturated heterocycles. The van der Waals surface area contributed by atoms with Crippen molar-refractivity contribution < 1.29 is 292 Å². The number of carbonyl (C=O) groups excluding carboxylic acids is 4. The highest BCUT2D eigenvalue weighted by atomic mass is 16.8. The van der Waals surface area contributed by atoms with Crippen LogP contribution in [-0.4, -0.2) is 627 Å². The van der Waals surface area contributed by atoms with Crippen LogP contribution in [0.25, 0.3) is 0 Å². The number of nitrogens with one attached hydrogen (secondary N) is 4. The van der Waals surface area contributed by atoms with Gasteiger partial charge in [-0.25, -0.2) is 0 Å². The molecule has 11 aliphatic heterocycles. The fraction of sp³-hybridized carbons (Fsp3) is 0.950. The maximum Gasteiger partial charge on any atom is 0.217 e. The number of hydrogen-bond acceptors (Lipinski definition) is 59. The van der Waals surface area contributed by atoms with Crippen LogP contribution < -0.4 is 21.3 Å². The van der Waals surface area contributed by atoms with E-state index in [4.69, 9.17) is 104 Å². The van der Waals surface area contributed by atoms with Crippen molar-refractivity contribution in [3.63, 3.8) is 0 Å². The molecule has 63 heteroatoms. The van der Waals surface area contributed by atoms with E-state index in [9.17, 15) is 188 Å². The topological polar surface area (TPSA) is 987 Å². The molecule has 11 rings (SSSR count). The van der Waals surface area contributed by atoms with Crippen LogP contribution in [0.4, 0.5) is 0 Å². The normalized spacial score (nSPS) is 48.3. The molecule has 830 valence electrons. The van der Waals surface area contributed by atoms with Gasteiger partial charge in [-0.3, -0.25) is 19.2 Å². The number of rotatable bonds is 40. The van der Waals surface area contributed by atoms with Crippen molar-refractivity contribution >= 4 is 23.6 Å². The van der Waals surface area contributed by atoms with Crippen LogP contribution in [0.1, 0.15) is 41.5 Å². The van der Waals surface area contributed by atoms with Crippen molar-refractivity contribution in [2.24, 2.45) is 0 Å². The molecule has 59 atom stereocenters. The molecule has 0 aromatic heterocycles. The van der Waals surface area contributed by atoms with Gasteiger partial charge in [0.2, 0.25) is 23.6 Å². The summed E-state index contributed by atoms with van der Waals surface area (Å²) < 4.78 is 131. The van der Waals surface area contributed by atoms with Gasteiger partial charge in [-0.2, -0.15) is 0 Å². The Bertz CT molecular complexity index is 3900. The average Bonchev–Trinajstić information content (AvgIpc) is 0.746. The lowest BCUT2D eigenvalue weighted by molar-refractivity contribution is -0.394. The van der Waals surface area contributed by atoms with Crippen molar-refractivity contribution in [1.82, 2.24) is 21.3 Å². The summed E-state index contributed by atoms with van der Waals surface area (Å²) in [5.74, 6) is -4.09. The highest BCUT2D eigenvalue weighted by molar-refractivity contribution is 5.74. The first kappa shape index (κ1) is 119. The van der Waals surface area contributed by atoms with E-state index < -0.39 is 458 Å². The average molecular weight is 2100 g/mol. The van der Waals surface area contributed by atoms with E-state index in [1.165, 1.54) is 13.8 Å². The van der Waals surface area contributed by atoms with Gasteiger partial charge in [0.25, 0.3) is 0 Å². The number of aliphatic hydroxyl groups excluding tert-OH is 33. The van der Waals surface area contributed by atoms with Crippen LogP contribution in [0.15, 0.2) is 0 Å². The Labute approximate surface area is 810 Å². The fourth-order valence-electron chi connectivity index (χ4n) is 18.3. The molecule has 0 unspecified atom stereocenters. The third-order valence-corrected chi connectivity index (χ3v) is 26.2. The smallest absolute Gasteiger partial charge is 0.217 e. The van der Waals surface area contributed by atoms with Gasteiger partial charge in [-0.05, 0) is 13.8 Å². The predicted octanol–water partition coefficient (Wildman–Crippen LogP) is -24.9. The van der Waals surface area contributed by atoms with Crippen LogP contribution in [0, 0.1) is 0 Å². The van der Waals surface area contributed by atoms with Crippen LogP contribution in [-0.2, 0) is 123 Å². The number of amides is 4. The Kier molecular flexibility index (Phi) is 43.5. The van der Waals surface area contributed by atoms with Crippen LogP contribution in [0.3, 0.4) is 0 Å². The Morgan fingerprint density at radius 2 is 0.483 bits per heavy atom. The second kappa shape index (κ2) is 52.3. The van der Waals surface area contributed by atoms with Gasteiger partial charge in [0, 0.05) is 27.7 Å². The molecule has 0 aromatic rings. The van der Waals surface area contributed by atoms with Crippen LogP contribution in [0.2, 0.25) is 0 Å². The van der Waals surface area contributed by atoms with Crippen LogP contribution in [0.5, 0.6) is 0 Å². The molecule has 63 nitrogen and oxygen atoms in total. The molecule has 4 amide bonds. The molecule has 11 heterocycles. The summed E-state index contributed by atoms with van der Waals surface area (Å²) in [6.45, 7) is -6.99. The summed E-state index contributed by atoms with van der Waals surface area (Å²) in [5.41, 5.74) is 0. The summed E-state index contributed by atoms with van der Waals surface area (Å²) in [6, 6.07) is -8.19. The van der Waals surface area contributed by atoms with Crippen molar-refractivity contribution in [3.05, 3.63) is 0 Å². The third-order valence-electron chi connectivity index (χ3n) is 26.2. The van der Waals surface area contributed by atoms with E-state index in [0.29, 0.717) is 0 Å². The molecule has 0 aromatic carbocycles. The van der Waals surface area contributed by atoms with E-state index in [0.717, 1.165) is 27.7 Å². The zero-order chi connectivity index (χ0) is 106. The Morgan fingerprint density at radius 1 is 0.238 bits per heavy atom. The van der Waals surface area contributed by atoms with Crippen molar-refractivity contribution in [1.29, 1.82) is 0 Å². The van der Waals surface area contributed by atoms with Crippen molar-refractivity contribution in [2.75, 3.05) is 72.7 Å². The Hall–Kier alpha value is -4.32. The molecule has 37 N–H and O–H groups in total. The standard InChI is InChI=1S/C80H136N4O59/c1-18-39(100)51(112)56(117)74(124-18)142-68-54(115)43(104)27(10-88)127-79(68)138-64-30(13-91)130-71(36(48(64)109)82-21(4)95)123-17-34-46(107)67(141-73-38(84-23(6)97)50(111)65(32(15-93)132-73)139-80-69(55(116)44(105)28(11-89)128-80)143-75-57(118)52(113)40(101)19(2)125-75)60(121)78(134-34)137-63-31(14-92)131-72(37(49(63)110)83-22(5)96)140-66-45(106)33(133-77(59(66)120)135-61(25(99)8-86)41(102)24(98)7-85)16-122-70-35(81-20(3)94)47(108)62(29(12-90)129-70)136-76-58(119)53(114)42(103)26(9-87)126-76/h18-19,24-80,85-93,98-121H,7-17H2,1-6H3,(H,81,94)(H,82,95)(H,83,96)(H,84,97)/t18-,19-,24-,25+,26+,27+,28+,29+,30+,31+,32+,33+,34+,35+,36+,37+,38+,39+,40+,41+,42-,43-,44-,45-,46-,47+,48+,49+,50+,51+,52+,53-,54-,55-,56-,57-,58+,59+,60+,61+,62+,63+,64+,65+,66-,67-,68+,69+,70+,71+,72-,73-,74-,75-,76-,77-,78-,79-,80-/m0/s1. The van der Waals surface area contributed by atoms with Gasteiger partial charge in [0.1, 0.15) is 281 Å². The lowest BCUT2D eigenvalue weighted by atomic mass is 9.93. The minimum Gasteiger partial charge on any atom is -0.394 e. The second-order valence-electron chi connectivity index (χ2n) is 36.4. The fourth-order valence-corrected chi connectivity index (χ4v) is 18.3. The summed E-state index contributed by atoms with van der Waals surface area (Å²) in [6.07, 6.45) is -117. The Morgan fingerprint density at radius 3 is 0.804 bits per heavy atom. The lowest BCUT2D eigenvalue weighted by Gasteiger charge is -2.51. The van der Waals surface area contributed by atoms with E-state index >= 15 is 0 Å². The van der Waals surface area contributed by atoms with E-state index in [1.54, 1.807) is 0 Å². The van der Waals surface area contributed by atoms with Crippen LogP contribution >= 0.6 is 0 Å². The van der Waals surface area contributed by atoms with Gasteiger partial charge < -0.3 is 294 Å². The zero-order valence-electron chi connectivity index (χ0n) is 77.2. The SMILES string of the molecule is CC(=O)N[C@H]1[C@H](OC[C@H]2O[C@@H](O[C@@H]([C@H](O)[C@@H](O)CO)[C@H](O)CO)[C@H](O)[C@@H](O[C@@H]3O[C@H](CO)[C@@H](O[C@@H]4O[C@H](CO[C@@H]5O[C@H](CO)[C@@H](O[C@@H]6O[C@H](CO)[C@H](O)[C@H](O)[C@H]6O[C@@H]6O[C@@H](C)[C@@H](O)[C@@H](O)[C@@H]6O)[C@H](O)[C@H]5NC(C)=O)[C@H](O)[C@H](O[C@@H]5O[C@H](CO)[C@@H](O[C@@H]6O[C@H](CO)[C@H](O)[C@H](O)[C@H]6O[C@@H]6O[C@@H](C)[C@@H](O)[C@@H](O)[C@@H]6O)[C@H](O)[C@H]5NC(C)=O)[C@H]4O)[C@H](O)[C@H]3NC(C)=O)[C@H]2O)O[C@H](CO)[C@@H](O[C@@H]2O[C@H](CO)[C@H](O)[C@H](O)[C@H]2O)[C@@H]1O. The number of hydrogen-bond donors (Lipinski definition) is 37. The Balaban J connectivity index is 0.913. The third kappa shape index (κ3) is 26.8. The first-order valence-corrected chi connectivity index (χ1v) is 45.8. The molecule has 0 spiro atoms. The molecule has 0 bridgehead atoms. The van der Waals surface area contributed by atoms with E-state index in [2.05, 4.69) is 21.3 Å². The largest absolute Gasteiger partial charge is 0.394 e. The van der Waals surface area contributed by atoms with Crippen molar-refractivity contribution in [2.45, 2.75) is 403 Å². The quantitative estimate of drug-likeness (QED) is 0.0271. The molecule has 143 heavy (non-hydrogen) atoms. The first-order chi connectivity index (χ1) is 67.6. The van der Waals surface area contributed by atoms with Gasteiger partial charge in [0.15, 0.2) is 69.2 Å². The zero-order valence-corrected chi connectivity index (χ0v) is 77.2. The number of carbonyl (C=O) groups is 4. The molecular weight excluding hydrogens is 1960 g/mol. The number of ether oxygens (including phenoxy) is 22. The highest BCUT2D eigenvalue weighted by Crippen LogP contribution is 2.42. The molecule has 0 aliphatic carbocycles. The van der Waals surface area contributed by atoms with Crippen molar-refractivity contribution in [3.8, 4) is 0 Å². The maximum atomic E-state index is 13.5. The van der Waals surface area contributed by atoms with Gasteiger partial charge in [0.05, 0.1) is 84.9 Å². The number of aliphatic hydroxyl groups is 33. The first-order valence-electron chi connectivity index (χ1n) is 45.8. The maximum absolute atomic E-state index is 13.5. The second-order valence-corrected chi connectivity index (χ2v) is 36.4. The molecular formula is C80H136N4O59. The van der Waals surface area contributed by atoms with E-state index in [-0.39, 0.29) is 0 Å². The monoisotopic (exact) mass is 2100 g/mol. The minimum absolute atomic E-state index is 0.840. The summed E-state index contributed by atoms with van der Waals surface area (Å²) >= 11 is 0. The summed E-state index contributed by atoms with van der Waals surface area (Å²) in [5, 5.41) is 378. The van der Waals surface area contributed by atoms with Gasteiger partial charge in [-0.1, -0.05) is 0 Å². The molecule has 11 fully saturated rings.